The highest BCUT2D eigenvalue weighted by atomic mass is 35.5. The first kappa shape index (κ1) is 17.8. The van der Waals surface area contributed by atoms with Crippen molar-refractivity contribution in [1.29, 1.82) is 0 Å². The largest absolute Gasteiger partial charge is 0.353 e. The van der Waals surface area contributed by atoms with E-state index in [1.54, 1.807) is 6.07 Å². The molecule has 1 saturated heterocycles. The molecular weight excluding hydrogens is 312 g/mol. The number of halogens is 1. The second-order valence-corrected chi connectivity index (χ2v) is 7.63. The Kier molecular flexibility index (Phi) is 5.69. The number of hydrogen-bond donors (Lipinski definition) is 1. The highest BCUT2D eigenvalue weighted by Gasteiger charge is 2.30. The van der Waals surface area contributed by atoms with Crippen molar-refractivity contribution in [1.82, 2.24) is 10.2 Å². The predicted molar refractivity (Wildman–Crippen MR) is 92.4 cm³/mol. The molecule has 0 saturated carbocycles. The van der Waals surface area contributed by atoms with E-state index in [4.69, 9.17) is 11.6 Å². The summed E-state index contributed by atoms with van der Waals surface area (Å²) in [6.07, 6.45) is 1.95. The number of benzene rings is 1. The van der Waals surface area contributed by atoms with Crippen LogP contribution < -0.4 is 5.32 Å². The van der Waals surface area contributed by atoms with Gasteiger partial charge in [0.25, 0.3) is 0 Å². The summed E-state index contributed by atoms with van der Waals surface area (Å²) in [5.41, 5.74) is 0.568. The molecule has 1 aliphatic rings. The third-order valence-electron chi connectivity index (χ3n) is 4.04. The van der Waals surface area contributed by atoms with Gasteiger partial charge in [0.2, 0.25) is 11.8 Å². The van der Waals surface area contributed by atoms with E-state index in [0.717, 1.165) is 18.4 Å². The Labute approximate surface area is 143 Å². The highest BCUT2D eigenvalue weighted by Crippen LogP contribution is 2.21. The van der Waals surface area contributed by atoms with Crippen molar-refractivity contribution in [2.75, 3.05) is 13.1 Å². The molecule has 23 heavy (non-hydrogen) atoms. The Hall–Kier alpha value is -1.55. The SMILES string of the molecule is CC(C)(C)C(=O)N1CCC(NC(=O)Cc2cccc(Cl)c2)CC1. The molecular formula is C18H25ClN2O2. The van der Waals surface area contributed by atoms with Gasteiger partial charge in [0.05, 0.1) is 6.42 Å². The first-order valence-electron chi connectivity index (χ1n) is 8.09. The Bertz CT molecular complexity index is 573. The van der Waals surface area contributed by atoms with Gasteiger partial charge in [-0.2, -0.15) is 0 Å². The van der Waals surface area contributed by atoms with Crippen LogP contribution in [0.4, 0.5) is 0 Å². The number of likely N-dealkylation sites (tertiary alicyclic amines) is 1. The number of piperidine rings is 1. The number of rotatable bonds is 3. The number of carbonyl (C=O) groups is 2. The molecule has 0 unspecified atom stereocenters. The van der Waals surface area contributed by atoms with Gasteiger partial charge in [-0.1, -0.05) is 44.5 Å². The molecule has 0 radical (unpaired) electrons. The maximum atomic E-state index is 12.2. The molecule has 1 fully saturated rings. The van der Waals surface area contributed by atoms with Gasteiger partial charge < -0.3 is 10.2 Å². The standard InChI is InChI=1S/C18H25ClN2O2/c1-18(2,3)17(23)21-9-7-15(8-10-21)20-16(22)12-13-5-4-6-14(19)11-13/h4-6,11,15H,7-10,12H2,1-3H3,(H,20,22). The lowest BCUT2D eigenvalue weighted by atomic mass is 9.93. The summed E-state index contributed by atoms with van der Waals surface area (Å²) in [5, 5.41) is 3.71. The molecule has 1 aromatic rings. The van der Waals surface area contributed by atoms with Crippen molar-refractivity contribution in [3.8, 4) is 0 Å². The van der Waals surface area contributed by atoms with Crippen LogP contribution in [0.5, 0.6) is 0 Å². The molecule has 5 heteroatoms. The first-order chi connectivity index (χ1) is 10.8. The quantitative estimate of drug-likeness (QED) is 0.922. The zero-order valence-corrected chi connectivity index (χ0v) is 14.8. The second kappa shape index (κ2) is 7.35. The molecule has 4 nitrogen and oxygen atoms in total. The van der Waals surface area contributed by atoms with Crippen LogP contribution in [0.25, 0.3) is 0 Å². The second-order valence-electron chi connectivity index (χ2n) is 7.19. The molecule has 0 atom stereocenters. The Morgan fingerprint density at radius 3 is 2.48 bits per heavy atom. The van der Waals surface area contributed by atoms with Crippen molar-refractivity contribution in [3.05, 3.63) is 34.9 Å². The molecule has 1 aliphatic heterocycles. The molecule has 0 spiro atoms. The van der Waals surface area contributed by atoms with Gasteiger partial charge in [0, 0.05) is 29.6 Å². The van der Waals surface area contributed by atoms with E-state index in [-0.39, 0.29) is 23.3 Å². The lowest BCUT2D eigenvalue weighted by Gasteiger charge is -2.36. The molecule has 126 valence electrons. The van der Waals surface area contributed by atoms with Crippen molar-refractivity contribution in [2.45, 2.75) is 46.1 Å². The Morgan fingerprint density at radius 2 is 1.91 bits per heavy atom. The van der Waals surface area contributed by atoms with E-state index in [9.17, 15) is 9.59 Å². The smallest absolute Gasteiger partial charge is 0.227 e. The van der Waals surface area contributed by atoms with E-state index < -0.39 is 0 Å². The summed E-state index contributed by atoms with van der Waals surface area (Å²) in [7, 11) is 0. The molecule has 1 heterocycles. The van der Waals surface area contributed by atoms with Crippen molar-refractivity contribution in [3.63, 3.8) is 0 Å². The van der Waals surface area contributed by atoms with E-state index in [0.29, 0.717) is 24.5 Å². The number of nitrogens with zero attached hydrogens (tertiary/aromatic N) is 1. The first-order valence-corrected chi connectivity index (χ1v) is 8.46. The summed E-state index contributed by atoms with van der Waals surface area (Å²) < 4.78 is 0. The summed E-state index contributed by atoms with van der Waals surface area (Å²) in [6, 6.07) is 7.50. The maximum absolute atomic E-state index is 12.2. The monoisotopic (exact) mass is 336 g/mol. The third kappa shape index (κ3) is 5.24. The van der Waals surface area contributed by atoms with Gasteiger partial charge in [-0.25, -0.2) is 0 Å². The summed E-state index contributed by atoms with van der Waals surface area (Å²) >= 11 is 5.93. The molecule has 0 aliphatic carbocycles. The average molecular weight is 337 g/mol. The number of carbonyl (C=O) groups excluding carboxylic acids is 2. The normalized spacial score (nSPS) is 16.3. The van der Waals surface area contributed by atoms with Gasteiger partial charge in [0.15, 0.2) is 0 Å². The van der Waals surface area contributed by atoms with Crippen LogP contribution in [0.1, 0.15) is 39.2 Å². The van der Waals surface area contributed by atoms with Crippen molar-refractivity contribution >= 4 is 23.4 Å². The minimum atomic E-state index is -0.345. The van der Waals surface area contributed by atoms with Crippen molar-refractivity contribution < 1.29 is 9.59 Å². The van der Waals surface area contributed by atoms with E-state index in [1.807, 2.05) is 43.9 Å². The maximum Gasteiger partial charge on any atom is 0.227 e. The van der Waals surface area contributed by atoms with E-state index in [2.05, 4.69) is 5.32 Å². The number of hydrogen-bond acceptors (Lipinski definition) is 2. The minimum Gasteiger partial charge on any atom is -0.353 e. The van der Waals surface area contributed by atoms with Gasteiger partial charge in [0.1, 0.15) is 0 Å². The summed E-state index contributed by atoms with van der Waals surface area (Å²) in [4.78, 5) is 26.3. The van der Waals surface area contributed by atoms with Gasteiger partial charge in [-0.3, -0.25) is 9.59 Å². The molecule has 2 rings (SSSR count). The molecule has 0 bridgehead atoms. The van der Waals surface area contributed by atoms with Gasteiger partial charge in [-0.05, 0) is 30.5 Å². The van der Waals surface area contributed by atoms with Crippen LogP contribution in [0.15, 0.2) is 24.3 Å². The van der Waals surface area contributed by atoms with Crippen molar-refractivity contribution in [2.24, 2.45) is 5.41 Å². The number of nitrogens with one attached hydrogen (secondary N) is 1. The lowest BCUT2D eigenvalue weighted by Crippen LogP contribution is -2.49. The van der Waals surface area contributed by atoms with Crippen LogP contribution in [-0.2, 0) is 16.0 Å². The number of amides is 2. The minimum absolute atomic E-state index is 0.00728. The fourth-order valence-corrected chi connectivity index (χ4v) is 3.03. The van der Waals surface area contributed by atoms with Crippen LogP contribution >= 0.6 is 11.6 Å². The predicted octanol–water partition coefficient (Wildman–Crippen LogP) is 3.04. The van der Waals surface area contributed by atoms with E-state index in [1.165, 1.54) is 0 Å². The van der Waals surface area contributed by atoms with Gasteiger partial charge in [-0.15, -0.1) is 0 Å². The fraction of sp³-hybridized carbons (Fsp3) is 0.556. The topological polar surface area (TPSA) is 49.4 Å². The zero-order valence-electron chi connectivity index (χ0n) is 14.1. The molecule has 1 N–H and O–H groups in total. The summed E-state index contributed by atoms with van der Waals surface area (Å²) in [5.74, 6) is 0.189. The molecule has 1 aromatic carbocycles. The van der Waals surface area contributed by atoms with Gasteiger partial charge >= 0.3 is 0 Å². The van der Waals surface area contributed by atoms with Crippen LogP contribution in [0, 0.1) is 5.41 Å². The Morgan fingerprint density at radius 1 is 1.26 bits per heavy atom. The lowest BCUT2D eigenvalue weighted by molar-refractivity contribution is -0.140. The van der Waals surface area contributed by atoms with E-state index >= 15 is 0 Å². The fourth-order valence-electron chi connectivity index (χ4n) is 2.81. The van der Waals surface area contributed by atoms with Crippen LogP contribution in [-0.4, -0.2) is 35.8 Å². The zero-order chi connectivity index (χ0) is 17.0. The summed E-state index contributed by atoms with van der Waals surface area (Å²) in [6.45, 7) is 7.23. The highest BCUT2D eigenvalue weighted by molar-refractivity contribution is 6.30. The van der Waals surface area contributed by atoms with Crippen LogP contribution in [0.2, 0.25) is 5.02 Å². The average Bonchev–Trinajstić information content (AvgIpc) is 2.46. The molecule has 0 aromatic heterocycles. The molecule has 2 amide bonds. The van der Waals surface area contributed by atoms with Crippen LogP contribution in [0.3, 0.4) is 0 Å². The Balaban J connectivity index is 1.80. The third-order valence-corrected chi connectivity index (χ3v) is 4.28.